The molecule has 2 saturated carbocycles. The number of amides is 1. The highest BCUT2D eigenvalue weighted by molar-refractivity contribution is 5.73. The van der Waals surface area contributed by atoms with Crippen LogP contribution in [0.15, 0.2) is 11.8 Å². The second-order valence-corrected chi connectivity index (χ2v) is 11.2. The first-order valence-corrected chi connectivity index (χ1v) is 13.2. The van der Waals surface area contributed by atoms with Crippen LogP contribution in [0.25, 0.3) is 0 Å². The van der Waals surface area contributed by atoms with Crippen LogP contribution in [0.4, 0.5) is 0 Å². The van der Waals surface area contributed by atoms with Crippen molar-refractivity contribution < 1.29 is 19.7 Å². The van der Waals surface area contributed by atoms with Crippen LogP contribution >= 0.6 is 0 Å². The highest BCUT2D eigenvalue weighted by Gasteiger charge is 2.45. The van der Waals surface area contributed by atoms with Gasteiger partial charge >= 0.3 is 0 Å². The molecule has 10 atom stereocenters. The van der Waals surface area contributed by atoms with E-state index in [9.17, 15) is 15.0 Å². The summed E-state index contributed by atoms with van der Waals surface area (Å²) in [4.78, 5) is 11.6. The number of rotatable bonds is 7. The molecule has 188 valence electrons. The summed E-state index contributed by atoms with van der Waals surface area (Å²) in [5.41, 5.74) is 1.08. The van der Waals surface area contributed by atoms with Gasteiger partial charge in [0, 0.05) is 44.2 Å². The molecule has 0 aromatic rings. The van der Waals surface area contributed by atoms with Crippen molar-refractivity contribution >= 4 is 5.91 Å². The van der Waals surface area contributed by atoms with Crippen LogP contribution in [0.1, 0.15) is 78.1 Å². The van der Waals surface area contributed by atoms with Crippen molar-refractivity contribution in [2.45, 2.75) is 109 Å². The molecule has 4 aliphatic rings. The summed E-state index contributed by atoms with van der Waals surface area (Å²) in [6.07, 6.45) is 12.4. The predicted octanol–water partition coefficient (Wildman–Crippen LogP) is 2.63. The number of hydrogen-bond acceptors (Lipinski definition) is 6. The second kappa shape index (κ2) is 11.1. The molecule has 0 radical (unpaired) electrons. The molecule has 0 aromatic heterocycles. The van der Waals surface area contributed by atoms with E-state index >= 15 is 0 Å². The molecule has 9 unspecified atom stereocenters. The van der Waals surface area contributed by atoms with Crippen LogP contribution in [0.5, 0.6) is 0 Å². The normalized spacial score (nSPS) is 42.2. The number of aliphatic hydroxyl groups is 2. The second-order valence-electron chi connectivity index (χ2n) is 11.2. The molecular formula is C26H45N3O4. The van der Waals surface area contributed by atoms with E-state index in [0.29, 0.717) is 35.8 Å². The maximum absolute atomic E-state index is 11.6. The van der Waals surface area contributed by atoms with Gasteiger partial charge in [-0.2, -0.15) is 0 Å². The Balaban J connectivity index is 1.37. The van der Waals surface area contributed by atoms with Crippen molar-refractivity contribution in [3.05, 3.63) is 11.8 Å². The summed E-state index contributed by atoms with van der Waals surface area (Å²) >= 11 is 0. The highest BCUT2D eigenvalue weighted by Crippen LogP contribution is 2.46. The van der Waals surface area contributed by atoms with E-state index < -0.39 is 12.5 Å². The lowest BCUT2D eigenvalue weighted by molar-refractivity contribution is -0.120. The minimum absolute atomic E-state index is 0.0797. The Kier molecular flexibility index (Phi) is 8.37. The van der Waals surface area contributed by atoms with Crippen LogP contribution in [0.3, 0.4) is 0 Å². The van der Waals surface area contributed by atoms with Crippen LogP contribution < -0.4 is 16.0 Å². The van der Waals surface area contributed by atoms with Gasteiger partial charge in [-0.25, -0.2) is 0 Å². The summed E-state index contributed by atoms with van der Waals surface area (Å²) < 4.78 is 5.96. The lowest BCUT2D eigenvalue weighted by Crippen LogP contribution is -2.43. The number of carbonyl (C=O) groups excluding carboxylic acids is 1. The first kappa shape index (κ1) is 25.0. The average molecular weight is 464 g/mol. The van der Waals surface area contributed by atoms with Gasteiger partial charge in [0.2, 0.25) is 5.91 Å². The Morgan fingerprint density at radius 2 is 2.06 bits per heavy atom. The van der Waals surface area contributed by atoms with Gasteiger partial charge in [0.05, 0.1) is 6.10 Å². The molecule has 33 heavy (non-hydrogen) atoms. The molecular weight excluding hydrogens is 418 g/mol. The van der Waals surface area contributed by atoms with Crippen LogP contribution in [-0.2, 0) is 9.53 Å². The van der Waals surface area contributed by atoms with Gasteiger partial charge in [-0.05, 0) is 82.0 Å². The number of aliphatic hydroxyl groups excluding tert-OH is 2. The number of nitrogens with one attached hydrogen (secondary N) is 3. The Morgan fingerprint density at radius 1 is 1.24 bits per heavy atom. The van der Waals surface area contributed by atoms with Gasteiger partial charge in [0.15, 0.2) is 0 Å². The number of ether oxygens (including phenoxy) is 1. The van der Waals surface area contributed by atoms with Gasteiger partial charge in [-0.1, -0.05) is 12.5 Å². The summed E-state index contributed by atoms with van der Waals surface area (Å²) in [6.45, 7) is 3.36. The number of hydrogen-bond donors (Lipinski definition) is 5. The molecule has 7 nitrogen and oxygen atoms in total. The summed E-state index contributed by atoms with van der Waals surface area (Å²) in [5.74, 6) is 2.58. The van der Waals surface area contributed by atoms with Gasteiger partial charge < -0.3 is 25.6 Å². The molecule has 7 heteroatoms. The first-order chi connectivity index (χ1) is 15.8. The van der Waals surface area contributed by atoms with Crippen LogP contribution in [0.2, 0.25) is 0 Å². The fourth-order valence-corrected chi connectivity index (χ4v) is 7.53. The molecule has 3 fully saturated rings. The van der Waals surface area contributed by atoms with Crippen molar-refractivity contribution in [3.8, 4) is 0 Å². The third-order valence-corrected chi connectivity index (χ3v) is 8.91. The lowest BCUT2D eigenvalue weighted by atomic mass is 9.66. The molecule has 3 aliphatic carbocycles. The number of fused-ring (bicyclic) bond motifs is 1. The first-order valence-electron chi connectivity index (χ1n) is 13.2. The standard InChI is InChI=1S/C26H45N3O4/c1-15(30)27-19-6-4-5-18(13-19)22-11-17(7-10-25(22)33-3)12-23-21-9-8-20(28-16(2)31)14-24(21)29-26(23)32/h8,16-19,21-26,28-29,31-32H,4-7,9-14H2,1-3H3,(H,27,30)/t16?,17?,18?,19-,21?,22?,23?,24?,25?,26?/m1/s1. The number of methoxy groups -OCH3 is 1. The zero-order valence-corrected chi connectivity index (χ0v) is 20.6. The van der Waals surface area contributed by atoms with E-state index in [1.807, 2.05) is 7.11 Å². The third-order valence-electron chi connectivity index (χ3n) is 8.91. The SMILES string of the molecule is COC1CCC(CC2C(O)NC3CC(NC(C)O)=CCC32)CC1C1CCC[C@@H](NC(C)=O)C1. The average Bonchev–Trinajstić information content (AvgIpc) is 3.07. The molecule has 0 aromatic carbocycles. The maximum atomic E-state index is 11.6. The number of allylic oxidation sites excluding steroid dienone is 1. The van der Waals surface area contributed by atoms with Gasteiger partial charge in [-0.3, -0.25) is 10.1 Å². The van der Waals surface area contributed by atoms with Crippen molar-refractivity contribution in [3.63, 3.8) is 0 Å². The molecule has 5 N–H and O–H groups in total. The molecule has 4 rings (SSSR count). The smallest absolute Gasteiger partial charge is 0.217 e. The Bertz CT molecular complexity index is 699. The third kappa shape index (κ3) is 6.11. The summed E-state index contributed by atoms with van der Waals surface area (Å²) in [7, 11) is 1.86. The molecule has 1 aliphatic heterocycles. The maximum Gasteiger partial charge on any atom is 0.217 e. The summed E-state index contributed by atoms with van der Waals surface area (Å²) in [6, 6.07) is 0.582. The van der Waals surface area contributed by atoms with Gasteiger partial charge in [0.25, 0.3) is 0 Å². The Morgan fingerprint density at radius 3 is 2.79 bits per heavy atom. The minimum atomic E-state index is -0.548. The molecule has 1 heterocycles. The Hall–Kier alpha value is -1.15. The molecule has 1 saturated heterocycles. The van der Waals surface area contributed by atoms with Gasteiger partial charge in [0.1, 0.15) is 12.5 Å². The van der Waals surface area contributed by atoms with E-state index in [2.05, 4.69) is 22.0 Å². The molecule has 0 spiro atoms. The fraction of sp³-hybridized carbons (Fsp3) is 0.885. The van der Waals surface area contributed by atoms with Crippen molar-refractivity contribution in [2.24, 2.45) is 29.6 Å². The predicted molar refractivity (Wildman–Crippen MR) is 128 cm³/mol. The zero-order valence-electron chi connectivity index (χ0n) is 20.6. The largest absolute Gasteiger partial charge is 0.381 e. The van der Waals surface area contributed by atoms with E-state index in [1.54, 1.807) is 13.8 Å². The lowest BCUT2D eigenvalue weighted by Gasteiger charge is -2.43. The fourth-order valence-electron chi connectivity index (χ4n) is 7.53. The Labute approximate surface area is 199 Å². The van der Waals surface area contributed by atoms with Crippen molar-refractivity contribution in [1.82, 2.24) is 16.0 Å². The van der Waals surface area contributed by atoms with E-state index in [4.69, 9.17) is 4.74 Å². The van der Waals surface area contributed by atoms with E-state index in [-0.39, 0.29) is 17.9 Å². The van der Waals surface area contributed by atoms with E-state index in [1.165, 1.54) is 25.7 Å². The van der Waals surface area contributed by atoms with E-state index in [0.717, 1.165) is 44.2 Å². The van der Waals surface area contributed by atoms with Crippen molar-refractivity contribution in [2.75, 3.05) is 7.11 Å². The monoisotopic (exact) mass is 463 g/mol. The molecule has 0 bridgehead atoms. The quantitative estimate of drug-likeness (QED) is 0.372. The van der Waals surface area contributed by atoms with Crippen LogP contribution in [-0.4, -0.2) is 53.9 Å². The molecule has 1 amide bonds. The minimum Gasteiger partial charge on any atom is -0.381 e. The number of carbonyl (C=O) groups is 1. The van der Waals surface area contributed by atoms with Gasteiger partial charge in [-0.15, -0.1) is 0 Å². The zero-order chi connectivity index (χ0) is 23.5. The topological polar surface area (TPSA) is 103 Å². The highest BCUT2D eigenvalue weighted by atomic mass is 16.5. The van der Waals surface area contributed by atoms with Crippen molar-refractivity contribution in [1.29, 1.82) is 0 Å². The van der Waals surface area contributed by atoms with Crippen LogP contribution in [0, 0.1) is 29.6 Å². The summed E-state index contributed by atoms with van der Waals surface area (Å²) in [5, 5.41) is 30.3.